The van der Waals surface area contributed by atoms with Gasteiger partial charge in [-0.15, -0.1) is 0 Å². The molecule has 0 saturated carbocycles. The molecule has 0 radical (unpaired) electrons. The lowest BCUT2D eigenvalue weighted by Gasteiger charge is -2.32. The molecule has 6 heteroatoms. The van der Waals surface area contributed by atoms with Crippen LogP contribution in [0.4, 0.5) is 9.18 Å². The van der Waals surface area contributed by atoms with Crippen molar-refractivity contribution in [2.24, 2.45) is 0 Å². The quantitative estimate of drug-likeness (QED) is 0.924. The Morgan fingerprint density at radius 1 is 1.39 bits per heavy atom. The predicted octanol–water partition coefficient (Wildman–Crippen LogP) is 1.83. The molecule has 2 fully saturated rings. The Bertz CT molecular complexity index is 549. The van der Waals surface area contributed by atoms with E-state index >= 15 is 0 Å². The molecule has 2 heterocycles. The molecule has 1 aromatic rings. The van der Waals surface area contributed by atoms with Crippen LogP contribution in [0.5, 0.6) is 0 Å². The van der Waals surface area contributed by atoms with E-state index in [0.717, 1.165) is 38.1 Å². The van der Waals surface area contributed by atoms with E-state index in [1.54, 1.807) is 19.0 Å². The highest BCUT2D eigenvalue weighted by molar-refractivity contribution is 5.74. The summed E-state index contributed by atoms with van der Waals surface area (Å²) < 4.78 is 19.0. The Morgan fingerprint density at radius 3 is 2.83 bits per heavy atom. The third kappa shape index (κ3) is 3.64. The van der Waals surface area contributed by atoms with E-state index in [4.69, 9.17) is 4.74 Å². The average molecular weight is 321 g/mol. The van der Waals surface area contributed by atoms with Gasteiger partial charge in [0.25, 0.3) is 0 Å². The molecule has 126 valence electrons. The van der Waals surface area contributed by atoms with Crippen LogP contribution < -0.4 is 5.32 Å². The molecule has 23 heavy (non-hydrogen) atoms. The maximum Gasteiger partial charge on any atom is 0.317 e. The predicted molar refractivity (Wildman–Crippen MR) is 85.6 cm³/mol. The first-order valence-corrected chi connectivity index (χ1v) is 8.12. The first kappa shape index (κ1) is 16.2. The van der Waals surface area contributed by atoms with Crippen LogP contribution in [0.1, 0.15) is 18.4 Å². The third-order valence-electron chi connectivity index (χ3n) is 4.64. The van der Waals surface area contributed by atoms with Crippen LogP contribution in [0.25, 0.3) is 0 Å². The van der Waals surface area contributed by atoms with E-state index in [1.165, 1.54) is 12.1 Å². The number of amides is 2. The summed E-state index contributed by atoms with van der Waals surface area (Å²) in [5, 5.41) is 3.06. The number of likely N-dealkylation sites (tertiary alicyclic amines) is 1. The number of nitrogens with zero attached hydrogens (tertiary/aromatic N) is 2. The molecule has 0 spiro atoms. The Balaban J connectivity index is 1.70. The SMILES string of the molecule is CN(C)C(=O)N[C@@H]1CN(Cc2ccc(F)cc2)[C@@H]2CCCO[C@@H]21. The second kappa shape index (κ2) is 6.84. The molecule has 0 aromatic heterocycles. The summed E-state index contributed by atoms with van der Waals surface area (Å²) in [6.45, 7) is 2.26. The monoisotopic (exact) mass is 321 g/mol. The van der Waals surface area contributed by atoms with Gasteiger partial charge in [0.05, 0.1) is 12.1 Å². The highest BCUT2D eigenvalue weighted by atomic mass is 19.1. The van der Waals surface area contributed by atoms with Crippen LogP contribution in [-0.4, -0.2) is 61.3 Å². The van der Waals surface area contributed by atoms with Crippen LogP contribution in [0.15, 0.2) is 24.3 Å². The lowest BCUT2D eigenvalue weighted by Crippen LogP contribution is -2.50. The lowest BCUT2D eigenvalue weighted by molar-refractivity contribution is -0.0207. The minimum absolute atomic E-state index is 0.00403. The number of carbonyl (C=O) groups excluding carboxylic acids is 1. The van der Waals surface area contributed by atoms with Gasteiger partial charge < -0.3 is 15.0 Å². The smallest absolute Gasteiger partial charge is 0.317 e. The fourth-order valence-electron chi connectivity index (χ4n) is 3.48. The van der Waals surface area contributed by atoms with Crippen molar-refractivity contribution in [3.63, 3.8) is 0 Å². The molecule has 2 aliphatic rings. The maximum absolute atomic E-state index is 13.1. The van der Waals surface area contributed by atoms with Crippen LogP contribution >= 0.6 is 0 Å². The number of rotatable bonds is 3. The van der Waals surface area contributed by atoms with Crippen molar-refractivity contribution >= 4 is 6.03 Å². The van der Waals surface area contributed by atoms with Crippen molar-refractivity contribution in [2.45, 2.75) is 37.6 Å². The number of nitrogens with one attached hydrogen (secondary N) is 1. The minimum Gasteiger partial charge on any atom is -0.374 e. The second-order valence-electron chi connectivity index (χ2n) is 6.55. The van der Waals surface area contributed by atoms with Gasteiger partial charge in [-0.05, 0) is 30.5 Å². The summed E-state index contributed by atoms with van der Waals surface area (Å²) in [5.74, 6) is -0.217. The van der Waals surface area contributed by atoms with Crippen LogP contribution in [0.3, 0.4) is 0 Å². The Labute approximate surface area is 136 Å². The summed E-state index contributed by atoms with van der Waals surface area (Å²) in [4.78, 5) is 15.9. The van der Waals surface area contributed by atoms with Crippen LogP contribution in [-0.2, 0) is 11.3 Å². The molecule has 2 aliphatic heterocycles. The molecular weight excluding hydrogens is 297 g/mol. The number of benzene rings is 1. The number of hydrogen-bond donors (Lipinski definition) is 1. The van der Waals surface area contributed by atoms with Crippen LogP contribution in [0.2, 0.25) is 0 Å². The van der Waals surface area contributed by atoms with E-state index in [-0.39, 0.29) is 24.0 Å². The number of halogens is 1. The molecule has 3 atom stereocenters. The molecule has 0 unspecified atom stereocenters. The zero-order valence-corrected chi connectivity index (χ0v) is 13.7. The van der Waals surface area contributed by atoms with Gasteiger partial charge in [0.15, 0.2) is 0 Å². The molecular formula is C17H24FN3O2. The number of fused-ring (bicyclic) bond motifs is 1. The third-order valence-corrected chi connectivity index (χ3v) is 4.64. The fraction of sp³-hybridized carbons (Fsp3) is 0.588. The highest BCUT2D eigenvalue weighted by Crippen LogP contribution is 2.30. The van der Waals surface area contributed by atoms with Crippen molar-refractivity contribution in [1.29, 1.82) is 0 Å². The Morgan fingerprint density at radius 2 is 2.13 bits per heavy atom. The Hall–Kier alpha value is -1.66. The first-order chi connectivity index (χ1) is 11.0. The van der Waals surface area contributed by atoms with Crippen LogP contribution in [0, 0.1) is 5.82 Å². The number of ether oxygens (including phenoxy) is 1. The molecule has 0 bridgehead atoms. The van der Waals surface area contributed by atoms with E-state index in [9.17, 15) is 9.18 Å². The van der Waals surface area contributed by atoms with Gasteiger partial charge in [0, 0.05) is 39.8 Å². The van der Waals surface area contributed by atoms with Crippen molar-refractivity contribution in [2.75, 3.05) is 27.2 Å². The van der Waals surface area contributed by atoms with Gasteiger partial charge in [-0.1, -0.05) is 12.1 Å². The van der Waals surface area contributed by atoms with Gasteiger partial charge in [-0.2, -0.15) is 0 Å². The molecule has 2 saturated heterocycles. The molecule has 5 nitrogen and oxygen atoms in total. The summed E-state index contributed by atoms with van der Waals surface area (Å²) in [7, 11) is 3.47. The van der Waals surface area contributed by atoms with Gasteiger partial charge in [0.2, 0.25) is 0 Å². The van der Waals surface area contributed by atoms with Gasteiger partial charge in [0.1, 0.15) is 5.82 Å². The van der Waals surface area contributed by atoms with Crippen molar-refractivity contribution in [3.8, 4) is 0 Å². The minimum atomic E-state index is -0.217. The van der Waals surface area contributed by atoms with Crippen molar-refractivity contribution in [1.82, 2.24) is 15.1 Å². The van der Waals surface area contributed by atoms with E-state index in [0.29, 0.717) is 6.04 Å². The fourth-order valence-corrected chi connectivity index (χ4v) is 3.48. The van der Waals surface area contributed by atoms with E-state index < -0.39 is 0 Å². The van der Waals surface area contributed by atoms with Gasteiger partial charge in [-0.3, -0.25) is 4.90 Å². The van der Waals surface area contributed by atoms with Crippen molar-refractivity contribution < 1.29 is 13.9 Å². The number of hydrogen-bond acceptors (Lipinski definition) is 3. The van der Waals surface area contributed by atoms with E-state index in [2.05, 4.69) is 10.2 Å². The molecule has 3 rings (SSSR count). The average Bonchev–Trinajstić information content (AvgIpc) is 2.88. The zero-order valence-electron chi connectivity index (χ0n) is 13.7. The first-order valence-electron chi connectivity index (χ1n) is 8.12. The van der Waals surface area contributed by atoms with E-state index in [1.807, 2.05) is 12.1 Å². The standard InChI is InChI=1S/C17H24FN3O2/c1-20(2)17(22)19-14-11-21(15-4-3-9-23-16(14)15)10-12-5-7-13(18)8-6-12/h5-8,14-16H,3-4,9-11H2,1-2H3,(H,19,22)/t14-,15-,16-/m1/s1. The highest BCUT2D eigenvalue weighted by Gasteiger charge is 2.44. The Kier molecular flexibility index (Phi) is 4.82. The number of carbonyl (C=O) groups is 1. The molecule has 1 aromatic carbocycles. The van der Waals surface area contributed by atoms with Crippen molar-refractivity contribution in [3.05, 3.63) is 35.6 Å². The lowest BCUT2D eigenvalue weighted by atomic mass is 10.0. The summed E-state index contributed by atoms with van der Waals surface area (Å²) in [6.07, 6.45) is 2.14. The maximum atomic E-state index is 13.1. The molecule has 2 amide bonds. The summed E-state index contributed by atoms with van der Waals surface area (Å²) >= 11 is 0. The van der Waals surface area contributed by atoms with Gasteiger partial charge in [-0.25, -0.2) is 9.18 Å². The molecule has 1 N–H and O–H groups in total. The second-order valence-corrected chi connectivity index (χ2v) is 6.55. The molecule has 0 aliphatic carbocycles. The zero-order chi connectivity index (χ0) is 16.4. The largest absolute Gasteiger partial charge is 0.374 e. The summed E-state index contributed by atoms with van der Waals surface area (Å²) in [5.41, 5.74) is 1.08. The van der Waals surface area contributed by atoms with Gasteiger partial charge >= 0.3 is 6.03 Å². The summed E-state index contributed by atoms with van der Waals surface area (Å²) in [6, 6.07) is 6.83. The topological polar surface area (TPSA) is 44.8 Å². The normalized spacial score (nSPS) is 27.5. The number of urea groups is 1.